The van der Waals surface area contributed by atoms with Gasteiger partial charge in [-0.15, -0.1) is 0 Å². The molecule has 3 N–H and O–H groups in total. The zero-order valence-corrected chi connectivity index (χ0v) is 11.5. The zero-order chi connectivity index (χ0) is 15.0. The Morgan fingerprint density at radius 2 is 1.76 bits per heavy atom. The third-order valence-electron chi connectivity index (χ3n) is 3.15. The Labute approximate surface area is 124 Å². The van der Waals surface area contributed by atoms with Crippen molar-refractivity contribution in [1.82, 2.24) is 10.2 Å². The van der Waals surface area contributed by atoms with E-state index < -0.39 is 5.82 Å². The number of benzene rings is 2. The molecule has 106 valence electrons. The molecular weight excluding hydrogens is 296 g/mol. The first-order valence-corrected chi connectivity index (χ1v) is 6.50. The van der Waals surface area contributed by atoms with Crippen molar-refractivity contribution in [3.8, 4) is 22.4 Å². The lowest BCUT2D eigenvalue weighted by atomic mass is 10.0. The lowest BCUT2D eigenvalue weighted by molar-refractivity contribution is 0.628. The van der Waals surface area contributed by atoms with Gasteiger partial charge in [-0.3, -0.25) is 5.10 Å². The molecule has 3 rings (SSSR count). The summed E-state index contributed by atoms with van der Waals surface area (Å²) in [4.78, 5) is 0. The van der Waals surface area contributed by atoms with Gasteiger partial charge in [-0.25, -0.2) is 8.78 Å². The standard InChI is InChI=1S/C15H10ClF2N3/c16-11-3-1-2-10(13(11)18)12-14(20-21-15(12)19)8-4-6-9(17)7-5-8/h1-7H,(H3,19,20,21). The average molecular weight is 306 g/mol. The number of hydrogen-bond donors (Lipinski definition) is 2. The van der Waals surface area contributed by atoms with Gasteiger partial charge in [0.15, 0.2) is 5.82 Å². The van der Waals surface area contributed by atoms with E-state index in [2.05, 4.69) is 10.2 Å². The van der Waals surface area contributed by atoms with Crippen LogP contribution in [0.2, 0.25) is 5.02 Å². The van der Waals surface area contributed by atoms with Gasteiger partial charge in [0, 0.05) is 11.1 Å². The maximum absolute atomic E-state index is 14.2. The van der Waals surface area contributed by atoms with Gasteiger partial charge in [-0.05, 0) is 30.3 Å². The lowest BCUT2D eigenvalue weighted by Crippen LogP contribution is -1.92. The highest BCUT2D eigenvalue weighted by Crippen LogP contribution is 2.37. The number of nitrogen functional groups attached to an aromatic ring is 1. The predicted octanol–water partition coefficient (Wildman–Crippen LogP) is 4.26. The number of nitrogens with zero attached hydrogens (tertiary/aromatic N) is 1. The number of nitrogens with one attached hydrogen (secondary N) is 1. The first kappa shape index (κ1) is 13.6. The van der Waals surface area contributed by atoms with E-state index in [1.165, 1.54) is 18.2 Å². The largest absolute Gasteiger partial charge is 0.382 e. The average Bonchev–Trinajstić information content (AvgIpc) is 2.85. The van der Waals surface area contributed by atoms with Gasteiger partial charge in [0.1, 0.15) is 11.6 Å². The Balaban J connectivity index is 2.22. The van der Waals surface area contributed by atoms with Crippen molar-refractivity contribution in [2.45, 2.75) is 0 Å². The molecule has 21 heavy (non-hydrogen) atoms. The van der Waals surface area contributed by atoms with E-state index in [1.807, 2.05) is 0 Å². The van der Waals surface area contributed by atoms with Crippen LogP contribution < -0.4 is 5.73 Å². The zero-order valence-electron chi connectivity index (χ0n) is 10.7. The lowest BCUT2D eigenvalue weighted by Gasteiger charge is -2.07. The van der Waals surface area contributed by atoms with Crippen LogP contribution in [-0.4, -0.2) is 10.2 Å². The van der Waals surface area contributed by atoms with Crippen LogP contribution in [0.15, 0.2) is 42.5 Å². The van der Waals surface area contributed by atoms with Gasteiger partial charge in [0.2, 0.25) is 0 Å². The van der Waals surface area contributed by atoms with Gasteiger partial charge >= 0.3 is 0 Å². The maximum atomic E-state index is 14.2. The van der Waals surface area contributed by atoms with Crippen LogP contribution in [0.5, 0.6) is 0 Å². The second kappa shape index (κ2) is 5.18. The number of hydrogen-bond acceptors (Lipinski definition) is 2. The molecule has 0 unspecified atom stereocenters. The summed E-state index contributed by atoms with van der Waals surface area (Å²) in [7, 11) is 0. The third kappa shape index (κ3) is 2.36. The van der Waals surface area contributed by atoms with Crippen molar-refractivity contribution in [3.05, 3.63) is 59.1 Å². The van der Waals surface area contributed by atoms with Crippen LogP contribution in [0.3, 0.4) is 0 Å². The summed E-state index contributed by atoms with van der Waals surface area (Å²) in [6, 6.07) is 10.4. The minimum atomic E-state index is -0.573. The normalized spacial score (nSPS) is 10.8. The summed E-state index contributed by atoms with van der Waals surface area (Å²) < 4.78 is 27.2. The number of halogens is 3. The van der Waals surface area contributed by atoms with Crippen LogP contribution in [0, 0.1) is 11.6 Å². The van der Waals surface area contributed by atoms with Crippen molar-refractivity contribution in [2.24, 2.45) is 0 Å². The van der Waals surface area contributed by atoms with E-state index >= 15 is 0 Å². The van der Waals surface area contributed by atoms with Crippen LogP contribution in [0.25, 0.3) is 22.4 Å². The van der Waals surface area contributed by atoms with Crippen molar-refractivity contribution < 1.29 is 8.78 Å². The highest BCUT2D eigenvalue weighted by Gasteiger charge is 2.19. The Morgan fingerprint density at radius 3 is 2.48 bits per heavy atom. The Morgan fingerprint density at radius 1 is 1.05 bits per heavy atom. The molecule has 0 aliphatic heterocycles. The quantitative estimate of drug-likeness (QED) is 0.743. The predicted molar refractivity (Wildman–Crippen MR) is 78.8 cm³/mol. The third-order valence-corrected chi connectivity index (χ3v) is 3.44. The fourth-order valence-corrected chi connectivity index (χ4v) is 2.33. The molecule has 0 saturated carbocycles. The fraction of sp³-hybridized carbons (Fsp3) is 0. The first-order valence-electron chi connectivity index (χ1n) is 6.12. The van der Waals surface area contributed by atoms with Gasteiger partial charge in [0.25, 0.3) is 0 Å². The Hall–Kier alpha value is -2.40. The summed E-state index contributed by atoms with van der Waals surface area (Å²) >= 11 is 5.81. The van der Waals surface area contributed by atoms with Gasteiger partial charge in [-0.1, -0.05) is 23.7 Å². The molecule has 0 fully saturated rings. The SMILES string of the molecule is Nc1n[nH]c(-c2ccc(F)cc2)c1-c1cccc(Cl)c1F. The molecular formula is C15H10ClF2N3. The van der Waals surface area contributed by atoms with Crippen molar-refractivity contribution >= 4 is 17.4 Å². The molecule has 0 atom stereocenters. The topological polar surface area (TPSA) is 54.7 Å². The van der Waals surface area contributed by atoms with Crippen molar-refractivity contribution in [3.63, 3.8) is 0 Å². The molecule has 6 heteroatoms. The molecule has 1 aromatic heterocycles. The summed E-state index contributed by atoms with van der Waals surface area (Å²) in [5.41, 5.74) is 7.64. The number of nitrogens with two attached hydrogens (primary N) is 1. The molecule has 3 aromatic rings. The summed E-state index contributed by atoms with van der Waals surface area (Å²) in [6.07, 6.45) is 0. The Bertz CT molecular complexity index is 797. The number of anilines is 1. The minimum Gasteiger partial charge on any atom is -0.382 e. The molecule has 0 radical (unpaired) electrons. The van der Waals surface area contributed by atoms with E-state index in [1.54, 1.807) is 24.3 Å². The van der Waals surface area contributed by atoms with Crippen molar-refractivity contribution in [1.29, 1.82) is 0 Å². The van der Waals surface area contributed by atoms with Crippen LogP contribution in [0.4, 0.5) is 14.6 Å². The summed E-state index contributed by atoms with van der Waals surface area (Å²) in [5, 5.41) is 6.66. The number of H-pyrrole nitrogens is 1. The molecule has 2 aromatic carbocycles. The molecule has 0 spiro atoms. The van der Waals surface area contributed by atoms with E-state index in [9.17, 15) is 8.78 Å². The smallest absolute Gasteiger partial charge is 0.153 e. The molecule has 3 nitrogen and oxygen atoms in total. The number of rotatable bonds is 2. The summed E-state index contributed by atoms with van der Waals surface area (Å²) in [5.74, 6) is -0.784. The van der Waals surface area contributed by atoms with Crippen molar-refractivity contribution in [2.75, 3.05) is 5.73 Å². The number of aromatic amines is 1. The molecule has 1 heterocycles. The van der Waals surface area contributed by atoms with Crippen LogP contribution >= 0.6 is 11.6 Å². The molecule has 0 saturated heterocycles. The minimum absolute atomic E-state index is 0.00171. The Kier molecular flexibility index (Phi) is 3.35. The van der Waals surface area contributed by atoms with E-state index in [0.717, 1.165) is 0 Å². The van der Waals surface area contributed by atoms with Gasteiger partial charge < -0.3 is 5.73 Å². The monoisotopic (exact) mass is 305 g/mol. The maximum Gasteiger partial charge on any atom is 0.153 e. The first-order chi connectivity index (χ1) is 10.1. The fourth-order valence-electron chi connectivity index (χ4n) is 2.15. The van der Waals surface area contributed by atoms with E-state index in [0.29, 0.717) is 16.8 Å². The van der Waals surface area contributed by atoms with Gasteiger partial charge in [-0.2, -0.15) is 5.10 Å². The van der Waals surface area contributed by atoms with Crippen LogP contribution in [0.1, 0.15) is 0 Å². The second-order valence-electron chi connectivity index (χ2n) is 4.47. The molecule has 0 bridgehead atoms. The molecule has 0 amide bonds. The van der Waals surface area contributed by atoms with E-state index in [4.69, 9.17) is 17.3 Å². The summed E-state index contributed by atoms with van der Waals surface area (Å²) in [6.45, 7) is 0. The molecule has 0 aliphatic rings. The highest BCUT2D eigenvalue weighted by atomic mass is 35.5. The van der Waals surface area contributed by atoms with E-state index in [-0.39, 0.29) is 22.2 Å². The van der Waals surface area contributed by atoms with Crippen LogP contribution in [-0.2, 0) is 0 Å². The second-order valence-corrected chi connectivity index (χ2v) is 4.87. The highest BCUT2D eigenvalue weighted by molar-refractivity contribution is 6.31. The number of aromatic nitrogens is 2. The molecule has 0 aliphatic carbocycles. The van der Waals surface area contributed by atoms with Gasteiger partial charge in [0.05, 0.1) is 16.3 Å².